The van der Waals surface area contributed by atoms with E-state index in [-0.39, 0.29) is 6.10 Å². The molecule has 2 nitrogen and oxygen atoms in total. The molecule has 0 bridgehead atoms. The molecule has 0 saturated carbocycles. The summed E-state index contributed by atoms with van der Waals surface area (Å²) in [7, 11) is 2.06. The number of benzene rings is 1. The fourth-order valence-electron chi connectivity index (χ4n) is 1.71. The monoisotopic (exact) mass is 221 g/mol. The van der Waals surface area contributed by atoms with Crippen molar-refractivity contribution in [3.8, 4) is 0 Å². The molecule has 0 heterocycles. The van der Waals surface area contributed by atoms with Gasteiger partial charge in [0.25, 0.3) is 0 Å². The Morgan fingerprint density at radius 2 is 1.88 bits per heavy atom. The number of hydrogen-bond donors (Lipinski definition) is 1. The van der Waals surface area contributed by atoms with Gasteiger partial charge in [0.1, 0.15) is 0 Å². The fourth-order valence-corrected chi connectivity index (χ4v) is 1.71. The number of aliphatic hydroxyl groups excluding tert-OH is 1. The normalized spacial score (nSPS) is 13.1. The number of likely N-dealkylation sites (N-methyl/N-ethyl adjacent to an activating group) is 1. The van der Waals surface area contributed by atoms with Crippen LogP contribution in [0, 0.1) is 6.92 Å². The Balaban J connectivity index is 2.45. The molecule has 1 N–H and O–H groups in total. The van der Waals surface area contributed by atoms with Gasteiger partial charge in [-0.3, -0.25) is 0 Å². The number of aryl methyl sites for hydroxylation is 1. The van der Waals surface area contributed by atoms with Crippen LogP contribution in [0.2, 0.25) is 0 Å². The lowest BCUT2D eigenvalue weighted by Crippen LogP contribution is -2.25. The highest BCUT2D eigenvalue weighted by Crippen LogP contribution is 2.14. The van der Waals surface area contributed by atoms with E-state index in [0.29, 0.717) is 6.54 Å². The first-order valence-corrected chi connectivity index (χ1v) is 6.06. The van der Waals surface area contributed by atoms with Crippen molar-refractivity contribution in [3.05, 3.63) is 35.4 Å². The summed E-state index contributed by atoms with van der Waals surface area (Å²) >= 11 is 0. The Morgan fingerprint density at radius 3 is 2.44 bits per heavy atom. The molecule has 16 heavy (non-hydrogen) atoms. The van der Waals surface area contributed by atoms with Gasteiger partial charge in [-0.2, -0.15) is 0 Å². The zero-order valence-electron chi connectivity index (χ0n) is 10.6. The molecular formula is C14H23NO. The van der Waals surface area contributed by atoms with E-state index in [1.807, 2.05) is 24.3 Å². The number of nitrogens with zero attached hydrogens (tertiary/aromatic N) is 1. The van der Waals surface area contributed by atoms with Gasteiger partial charge in [0.15, 0.2) is 0 Å². The van der Waals surface area contributed by atoms with Crippen molar-refractivity contribution in [2.45, 2.75) is 32.8 Å². The van der Waals surface area contributed by atoms with Crippen molar-refractivity contribution in [1.82, 2.24) is 4.90 Å². The minimum Gasteiger partial charge on any atom is -0.387 e. The van der Waals surface area contributed by atoms with Crippen molar-refractivity contribution in [2.75, 3.05) is 20.1 Å². The molecule has 1 aromatic rings. The number of unbranched alkanes of at least 4 members (excludes halogenated alkanes) is 1. The van der Waals surface area contributed by atoms with Crippen LogP contribution in [0.15, 0.2) is 24.3 Å². The van der Waals surface area contributed by atoms with Crippen molar-refractivity contribution in [1.29, 1.82) is 0 Å². The van der Waals surface area contributed by atoms with Crippen LogP contribution < -0.4 is 0 Å². The second-order valence-electron chi connectivity index (χ2n) is 4.54. The second-order valence-corrected chi connectivity index (χ2v) is 4.54. The van der Waals surface area contributed by atoms with E-state index in [0.717, 1.165) is 12.1 Å². The third-order valence-corrected chi connectivity index (χ3v) is 2.84. The van der Waals surface area contributed by atoms with Gasteiger partial charge in [0.2, 0.25) is 0 Å². The summed E-state index contributed by atoms with van der Waals surface area (Å²) in [6, 6.07) is 8.11. The Bertz CT molecular complexity index is 294. The average Bonchev–Trinajstić information content (AvgIpc) is 2.27. The van der Waals surface area contributed by atoms with Crippen LogP contribution in [0.1, 0.15) is 37.0 Å². The molecule has 1 aromatic carbocycles. The van der Waals surface area contributed by atoms with Crippen molar-refractivity contribution >= 4 is 0 Å². The topological polar surface area (TPSA) is 23.5 Å². The summed E-state index contributed by atoms with van der Waals surface area (Å²) in [5, 5.41) is 10.0. The highest BCUT2D eigenvalue weighted by atomic mass is 16.3. The first-order chi connectivity index (χ1) is 7.63. The maximum absolute atomic E-state index is 10.0. The van der Waals surface area contributed by atoms with E-state index in [2.05, 4.69) is 25.8 Å². The molecule has 2 heteroatoms. The molecule has 0 radical (unpaired) electrons. The van der Waals surface area contributed by atoms with E-state index >= 15 is 0 Å². The SMILES string of the molecule is CCCCN(C)CC(O)c1ccc(C)cc1. The smallest absolute Gasteiger partial charge is 0.0916 e. The van der Waals surface area contributed by atoms with Gasteiger partial charge in [-0.1, -0.05) is 43.2 Å². The summed E-state index contributed by atoms with van der Waals surface area (Å²) in [6.07, 6.45) is 2.02. The Labute approximate surface area is 98.9 Å². The van der Waals surface area contributed by atoms with Crippen LogP contribution in [0.25, 0.3) is 0 Å². The maximum atomic E-state index is 10.0. The standard InChI is InChI=1S/C14H23NO/c1-4-5-10-15(3)11-14(16)13-8-6-12(2)7-9-13/h6-9,14,16H,4-5,10-11H2,1-3H3. The summed E-state index contributed by atoms with van der Waals surface area (Å²) in [5.74, 6) is 0. The Hall–Kier alpha value is -0.860. The van der Waals surface area contributed by atoms with Crippen LogP contribution in [-0.2, 0) is 0 Å². The lowest BCUT2D eigenvalue weighted by Gasteiger charge is -2.20. The van der Waals surface area contributed by atoms with Gasteiger partial charge < -0.3 is 10.0 Å². The van der Waals surface area contributed by atoms with Crippen LogP contribution in [0.3, 0.4) is 0 Å². The lowest BCUT2D eigenvalue weighted by atomic mass is 10.1. The molecule has 1 atom stereocenters. The Morgan fingerprint density at radius 1 is 1.25 bits per heavy atom. The molecule has 0 spiro atoms. The second kappa shape index (κ2) is 6.66. The molecule has 1 unspecified atom stereocenters. The summed E-state index contributed by atoms with van der Waals surface area (Å²) in [5.41, 5.74) is 2.24. The summed E-state index contributed by atoms with van der Waals surface area (Å²) in [4.78, 5) is 2.19. The number of aliphatic hydroxyl groups is 1. The van der Waals surface area contributed by atoms with Crippen LogP contribution in [0.5, 0.6) is 0 Å². The highest BCUT2D eigenvalue weighted by Gasteiger charge is 2.09. The van der Waals surface area contributed by atoms with Crippen LogP contribution in [0.4, 0.5) is 0 Å². The van der Waals surface area contributed by atoms with Crippen LogP contribution in [-0.4, -0.2) is 30.1 Å². The molecular weight excluding hydrogens is 198 g/mol. The molecule has 0 aliphatic carbocycles. The Kier molecular flexibility index (Phi) is 5.50. The van der Waals surface area contributed by atoms with Crippen molar-refractivity contribution in [3.63, 3.8) is 0 Å². The lowest BCUT2D eigenvalue weighted by molar-refractivity contribution is 0.126. The highest BCUT2D eigenvalue weighted by molar-refractivity contribution is 5.23. The van der Waals surface area contributed by atoms with Gasteiger partial charge in [-0.15, -0.1) is 0 Å². The van der Waals surface area contributed by atoms with E-state index in [1.165, 1.54) is 18.4 Å². The number of rotatable bonds is 6. The summed E-state index contributed by atoms with van der Waals surface area (Å²) < 4.78 is 0. The van der Waals surface area contributed by atoms with E-state index in [4.69, 9.17) is 0 Å². The van der Waals surface area contributed by atoms with Gasteiger partial charge in [0.05, 0.1) is 6.10 Å². The third kappa shape index (κ3) is 4.33. The maximum Gasteiger partial charge on any atom is 0.0916 e. The molecule has 1 rings (SSSR count). The molecule has 0 aliphatic rings. The first-order valence-electron chi connectivity index (χ1n) is 6.06. The molecule has 0 saturated heterocycles. The fraction of sp³-hybridized carbons (Fsp3) is 0.571. The zero-order valence-corrected chi connectivity index (χ0v) is 10.6. The molecule has 90 valence electrons. The zero-order chi connectivity index (χ0) is 12.0. The summed E-state index contributed by atoms with van der Waals surface area (Å²) in [6.45, 7) is 6.01. The predicted octanol–water partition coefficient (Wildman–Crippen LogP) is 2.76. The number of hydrogen-bond acceptors (Lipinski definition) is 2. The minimum atomic E-state index is -0.373. The van der Waals surface area contributed by atoms with E-state index < -0.39 is 0 Å². The largest absolute Gasteiger partial charge is 0.387 e. The van der Waals surface area contributed by atoms with Crippen LogP contribution >= 0.6 is 0 Å². The molecule has 0 aliphatic heterocycles. The van der Waals surface area contributed by atoms with Crippen molar-refractivity contribution < 1.29 is 5.11 Å². The van der Waals surface area contributed by atoms with Gasteiger partial charge in [-0.05, 0) is 32.5 Å². The quantitative estimate of drug-likeness (QED) is 0.798. The van der Waals surface area contributed by atoms with Gasteiger partial charge in [-0.25, -0.2) is 0 Å². The van der Waals surface area contributed by atoms with E-state index in [9.17, 15) is 5.11 Å². The first kappa shape index (κ1) is 13.2. The molecule has 0 amide bonds. The molecule has 0 fully saturated rings. The molecule has 0 aromatic heterocycles. The van der Waals surface area contributed by atoms with Gasteiger partial charge in [0, 0.05) is 6.54 Å². The minimum absolute atomic E-state index is 0.373. The van der Waals surface area contributed by atoms with E-state index in [1.54, 1.807) is 0 Å². The van der Waals surface area contributed by atoms with Crippen molar-refractivity contribution in [2.24, 2.45) is 0 Å². The third-order valence-electron chi connectivity index (χ3n) is 2.84. The van der Waals surface area contributed by atoms with Gasteiger partial charge >= 0.3 is 0 Å². The average molecular weight is 221 g/mol. The predicted molar refractivity (Wildman–Crippen MR) is 68.5 cm³/mol.